The van der Waals surface area contributed by atoms with Gasteiger partial charge in [-0.2, -0.15) is 0 Å². The molecule has 0 aliphatic carbocycles. The van der Waals surface area contributed by atoms with Crippen molar-refractivity contribution in [2.24, 2.45) is 4.88 Å². The van der Waals surface area contributed by atoms with Gasteiger partial charge in [-0.3, -0.25) is 22.0 Å². The van der Waals surface area contributed by atoms with E-state index >= 15 is 0 Å². The van der Waals surface area contributed by atoms with Gasteiger partial charge in [0.05, 0.1) is 0 Å². The van der Waals surface area contributed by atoms with E-state index < -0.39 is 0 Å². The highest BCUT2D eigenvalue weighted by Gasteiger charge is 1.19. The van der Waals surface area contributed by atoms with Crippen LogP contribution in [0.3, 0.4) is 0 Å². The number of nitrogens with zero attached hydrogens (tertiary/aromatic N) is 1. The number of hydrogen-bond donors (Lipinski definition) is 1. The van der Waals surface area contributed by atoms with Crippen molar-refractivity contribution in [2.75, 3.05) is 0 Å². The average molecular weight is 187 g/mol. The van der Waals surface area contributed by atoms with E-state index in [-0.39, 0.29) is 0 Å². The van der Waals surface area contributed by atoms with Crippen molar-refractivity contribution < 1.29 is 0 Å². The summed E-state index contributed by atoms with van der Waals surface area (Å²) in [5, 5.41) is 0. The van der Waals surface area contributed by atoms with E-state index in [9.17, 15) is 0 Å². The van der Waals surface area contributed by atoms with E-state index in [0.717, 1.165) is 6.37 Å². The van der Waals surface area contributed by atoms with Crippen LogP contribution in [0.15, 0.2) is 4.88 Å². The second kappa shape index (κ2) is 3.76. The first kappa shape index (κ1) is 4.76. The first-order valence-electron chi connectivity index (χ1n) is 0.593. The largest absolute Gasteiger partial charge is 0.373 e. The van der Waals surface area contributed by atoms with Crippen LogP contribution in [0.5, 0.6) is 0 Å². The minimum Gasteiger partial charge on any atom is -0.373 e. The molecule has 4 heavy (non-hydrogen) atoms. The van der Waals surface area contributed by atoms with Gasteiger partial charge in [0.25, 0.3) is 0 Å². The smallest absolute Gasteiger partial charge is 0.243 e. The Morgan fingerprint density at radius 1 is 2.00 bits per heavy atom. The Hall–Kier alpha value is 0.760. The van der Waals surface area contributed by atoms with Crippen LogP contribution in [0.25, 0.3) is 0 Å². The van der Waals surface area contributed by atoms with Crippen LogP contribution in [-0.2, 0) is 0 Å². The lowest BCUT2D eigenvalue weighted by Crippen LogP contribution is -1.01. The van der Waals surface area contributed by atoms with Crippen LogP contribution in [-0.4, -0.2) is 0 Å². The van der Waals surface area contributed by atoms with Gasteiger partial charge < -0.3 is 11.3 Å². The lowest BCUT2D eigenvalue weighted by molar-refractivity contribution is 1.25. The molecular weight excluding hydrogens is 186 g/mol. The van der Waals surface area contributed by atoms with Gasteiger partial charge in [-0.1, -0.05) is 0 Å². The molecule has 0 bridgehead atoms. The van der Waals surface area contributed by atoms with Gasteiger partial charge in [0.15, 0.2) is 0 Å². The Morgan fingerprint density at radius 3 is 2.25 bits per heavy atom. The van der Waals surface area contributed by atoms with Gasteiger partial charge in [-0.05, 0) is 0 Å². The van der Waals surface area contributed by atoms with E-state index in [0.29, 0.717) is 0 Å². The summed E-state index contributed by atoms with van der Waals surface area (Å²) in [5.41, 5.74) is 6.06. The van der Waals surface area contributed by atoms with Crippen molar-refractivity contribution in [3.8, 4) is 0 Å². The zero-order chi connectivity index (χ0) is 3.41. The predicted molar refractivity (Wildman–Crippen MR) is 26.1 cm³/mol. The van der Waals surface area contributed by atoms with Crippen LogP contribution in [0.2, 0.25) is 0 Å². The third-order valence-corrected chi connectivity index (χ3v) is 0.761. The summed E-state index contributed by atoms with van der Waals surface area (Å²) < 4.78 is 0. The van der Waals surface area contributed by atoms with Crippen molar-refractivity contribution in [3.05, 3.63) is 0 Å². The third-order valence-electron chi connectivity index (χ3n) is 0.0378. The summed E-state index contributed by atoms with van der Waals surface area (Å²) >= 11 is 1.97. The number of halogens is 1. The number of rotatable bonds is 1. The number of nitrogens with one attached hydrogen (secondary N) is 1. The summed E-state index contributed by atoms with van der Waals surface area (Å²) in [6, 6.07) is 0. The molecule has 0 fully saturated rings. The Kier molecular flexibility index (Phi) is 4.47. The van der Waals surface area contributed by atoms with E-state index in [4.69, 9.17) is 5.53 Å². The van der Waals surface area contributed by atoms with Gasteiger partial charge in [0.1, 0.15) is 0 Å². The molecular formula is HIN2P-. The highest BCUT2D eigenvalue weighted by molar-refractivity contribution is 14.2. The molecule has 0 aliphatic rings. The Labute approximate surface area is 39.2 Å². The lowest BCUT2D eigenvalue weighted by Gasteiger charge is -1.83. The van der Waals surface area contributed by atoms with Crippen molar-refractivity contribution in [1.82, 2.24) is 0 Å². The number of hydrogen-bond acceptors (Lipinski definition) is 2. The highest BCUT2D eigenvalue weighted by Crippen LogP contribution is 2.19. The minimum absolute atomic E-state index is 0.760. The summed E-state index contributed by atoms with van der Waals surface area (Å²) in [7, 11) is 0. The van der Waals surface area contributed by atoms with Crippen molar-refractivity contribution in [2.45, 2.75) is 0 Å². The molecule has 0 aromatic carbocycles. The van der Waals surface area contributed by atoms with E-state index in [1.54, 1.807) is 0 Å². The molecule has 0 spiro atoms. The second-order valence-corrected chi connectivity index (χ2v) is 1.82. The molecule has 0 saturated heterocycles. The van der Waals surface area contributed by atoms with Crippen molar-refractivity contribution in [3.63, 3.8) is 0 Å². The molecule has 2 nitrogen and oxygen atoms in total. The van der Waals surface area contributed by atoms with Gasteiger partial charge >= 0.3 is 0 Å². The maximum atomic E-state index is 6.06. The van der Waals surface area contributed by atoms with Crippen molar-refractivity contribution >= 4 is 28.4 Å². The molecule has 0 rings (SSSR count). The first-order valence-corrected chi connectivity index (χ1v) is 4.23. The molecule has 4 heteroatoms. The van der Waals surface area contributed by atoms with Gasteiger partial charge in [-0.15, -0.1) is 0 Å². The van der Waals surface area contributed by atoms with Crippen LogP contribution >= 0.6 is 28.4 Å². The molecule has 24 valence electrons. The zero-order valence-electron chi connectivity index (χ0n) is 1.77. The molecule has 0 heterocycles. The van der Waals surface area contributed by atoms with Crippen LogP contribution in [0.1, 0.15) is 0 Å². The monoisotopic (exact) mass is 187 g/mol. The molecule has 0 unspecified atom stereocenters. The van der Waals surface area contributed by atoms with E-state index in [1.807, 2.05) is 22.0 Å². The van der Waals surface area contributed by atoms with E-state index in [1.165, 1.54) is 0 Å². The Morgan fingerprint density at radius 2 is 2.25 bits per heavy atom. The fourth-order valence-electron chi connectivity index (χ4n) is 0. The summed E-state index contributed by atoms with van der Waals surface area (Å²) in [5.74, 6) is 0. The molecule has 0 amide bonds. The van der Waals surface area contributed by atoms with Crippen LogP contribution in [0.4, 0.5) is 0 Å². The second-order valence-electron chi connectivity index (χ2n) is 0.176. The first-order chi connectivity index (χ1) is 1.91. The molecule has 0 aromatic rings. The average Bonchev–Trinajstić information content (AvgIpc) is 1.37. The van der Waals surface area contributed by atoms with Gasteiger partial charge in [0, 0.05) is 0 Å². The fraction of sp³-hybridized carbons (Fsp3) is 0. The minimum atomic E-state index is 0.760. The quantitative estimate of drug-likeness (QED) is 0.371. The normalized spacial score (nSPS) is 9.25. The summed E-state index contributed by atoms with van der Waals surface area (Å²) in [6.45, 7) is 0. The van der Waals surface area contributed by atoms with E-state index in [2.05, 4.69) is 4.88 Å². The maximum Gasteiger partial charge on any atom is -0.243 e. The summed E-state index contributed by atoms with van der Waals surface area (Å²) in [6.07, 6.45) is 0.760. The molecule has 1 N–H and O–H groups in total. The maximum absolute atomic E-state index is 6.06. The van der Waals surface area contributed by atoms with Gasteiger partial charge in [0.2, 0.25) is 0 Å². The standard InChI is InChI=1S/HIN2P/c1-4-3-2/h2H/q-1. The van der Waals surface area contributed by atoms with Crippen molar-refractivity contribution in [1.29, 1.82) is 5.53 Å². The molecule has 0 aliphatic heterocycles. The SMILES string of the molecule is N=N[P-]I. The predicted octanol–water partition coefficient (Wildman–Crippen LogP) is 2.23. The fourth-order valence-corrected chi connectivity index (χ4v) is 0. The topological polar surface area (TPSA) is 36.2 Å². The van der Waals surface area contributed by atoms with Gasteiger partial charge in [-0.25, -0.2) is 5.53 Å². The van der Waals surface area contributed by atoms with Crippen LogP contribution < -0.4 is 0 Å². The zero-order valence-corrected chi connectivity index (χ0v) is 4.82. The molecule has 0 aromatic heterocycles. The molecule has 0 radical (unpaired) electrons. The lowest BCUT2D eigenvalue weighted by atomic mass is 13.3. The molecule has 0 atom stereocenters. The Balaban J connectivity index is 2.30. The summed E-state index contributed by atoms with van der Waals surface area (Å²) in [4.78, 5) is 2.94. The highest BCUT2D eigenvalue weighted by atomic mass is 127. The third kappa shape index (κ3) is 2.76. The molecule has 0 saturated carbocycles. The van der Waals surface area contributed by atoms with Crippen LogP contribution in [0, 0.1) is 5.53 Å². The Bertz CT molecular complexity index is 20.0.